The second-order valence-electron chi connectivity index (χ2n) is 6.73. The highest BCUT2D eigenvalue weighted by molar-refractivity contribution is 5.53. The van der Waals surface area contributed by atoms with Crippen molar-refractivity contribution in [3.05, 3.63) is 28.8 Å². The minimum absolute atomic E-state index is 0.0120. The van der Waals surface area contributed by atoms with Crippen molar-refractivity contribution in [2.45, 2.75) is 57.9 Å². The maximum Gasteiger partial charge on any atom is 0.235 e. The molecule has 3 nitrogen and oxygen atoms in total. The van der Waals surface area contributed by atoms with Gasteiger partial charge in [-0.05, 0) is 37.7 Å². The van der Waals surface area contributed by atoms with E-state index in [0.717, 1.165) is 30.6 Å². The van der Waals surface area contributed by atoms with E-state index in [9.17, 15) is 4.79 Å². The molecule has 20 heavy (non-hydrogen) atoms. The zero-order valence-corrected chi connectivity index (χ0v) is 13.0. The van der Waals surface area contributed by atoms with Crippen LogP contribution in [0.25, 0.3) is 0 Å². The summed E-state index contributed by atoms with van der Waals surface area (Å²) in [5.41, 5.74) is 2.96. The van der Waals surface area contributed by atoms with E-state index < -0.39 is 5.54 Å². The minimum Gasteiger partial charge on any atom is -0.496 e. The van der Waals surface area contributed by atoms with Gasteiger partial charge in [0.1, 0.15) is 11.3 Å². The van der Waals surface area contributed by atoms with Crippen LogP contribution in [0.4, 0.5) is 0 Å². The Morgan fingerprint density at radius 1 is 1.30 bits per heavy atom. The quantitative estimate of drug-likeness (QED) is 0.616. The van der Waals surface area contributed by atoms with Crippen LogP contribution < -0.4 is 4.74 Å². The number of methoxy groups -OCH3 is 1. The largest absolute Gasteiger partial charge is 0.496 e. The second kappa shape index (κ2) is 5.06. The summed E-state index contributed by atoms with van der Waals surface area (Å²) in [5.74, 6) is 0.877. The number of isocyanates is 1. The fraction of sp³-hybridized carbons (Fsp3) is 0.588. The Morgan fingerprint density at radius 3 is 2.35 bits per heavy atom. The van der Waals surface area contributed by atoms with Gasteiger partial charge < -0.3 is 4.74 Å². The molecule has 0 heterocycles. The number of nitrogens with zero attached hydrogens (tertiary/aromatic N) is 1. The van der Waals surface area contributed by atoms with E-state index in [-0.39, 0.29) is 5.41 Å². The zero-order chi connectivity index (χ0) is 15.0. The Hall–Kier alpha value is -1.60. The van der Waals surface area contributed by atoms with Crippen LogP contribution in [0.1, 0.15) is 56.7 Å². The Kier molecular flexibility index (Phi) is 3.75. The zero-order valence-electron chi connectivity index (χ0n) is 13.0. The molecule has 0 bridgehead atoms. The Balaban J connectivity index is 2.70. The molecular weight excluding hydrogens is 250 g/mol. The summed E-state index contributed by atoms with van der Waals surface area (Å²) in [6, 6.07) is 4.27. The van der Waals surface area contributed by atoms with E-state index in [1.165, 1.54) is 11.1 Å². The number of hydrogen-bond donors (Lipinski definition) is 0. The van der Waals surface area contributed by atoms with Gasteiger partial charge in [0.15, 0.2) is 0 Å². The molecule has 0 atom stereocenters. The molecule has 1 aliphatic rings. The van der Waals surface area contributed by atoms with Crippen LogP contribution in [0.15, 0.2) is 17.1 Å². The molecule has 0 amide bonds. The first kappa shape index (κ1) is 14.8. The molecule has 3 heteroatoms. The van der Waals surface area contributed by atoms with Crippen LogP contribution >= 0.6 is 0 Å². The highest BCUT2D eigenvalue weighted by atomic mass is 16.5. The van der Waals surface area contributed by atoms with Crippen molar-refractivity contribution in [1.82, 2.24) is 0 Å². The van der Waals surface area contributed by atoms with Gasteiger partial charge in [0.05, 0.1) is 7.11 Å². The number of ether oxygens (including phenoxy) is 1. The second-order valence-corrected chi connectivity index (χ2v) is 6.73. The summed E-state index contributed by atoms with van der Waals surface area (Å²) >= 11 is 0. The van der Waals surface area contributed by atoms with Crippen LogP contribution in [0.2, 0.25) is 0 Å². The standard InChI is InChI=1S/C17H23NO2/c1-12-9-13(16(2,3)4)15(20-5)14(10-12)17(18-11-19)7-6-8-17/h9-10H,6-8H2,1-5H3. The van der Waals surface area contributed by atoms with Crippen molar-refractivity contribution in [3.8, 4) is 5.75 Å². The molecule has 1 saturated carbocycles. The Morgan fingerprint density at radius 2 is 1.95 bits per heavy atom. The minimum atomic E-state index is -0.418. The van der Waals surface area contributed by atoms with E-state index in [2.05, 4.69) is 44.8 Å². The molecule has 1 fully saturated rings. The molecule has 0 N–H and O–H groups in total. The molecule has 1 aromatic carbocycles. The molecule has 0 aliphatic heterocycles. The van der Waals surface area contributed by atoms with Crippen molar-refractivity contribution in [3.63, 3.8) is 0 Å². The predicted molar refractivity (Wildman–Crippen MR) is 80.1 cm³/mol. The third-order valence-corrected chi connectivity index (χ3v) is 4.19. The number of carbonyl (C=O) groups excluding carboxylic acids is 1. The SMILES string of the molecule is COc1c(C(C)(C)C)cc(C)cc1C1(N=C=O)CCC1. The van der Waals surface area contributed by atoms with E-state index in [0.29, 0.717) is 0 Å². The molecular formula is C17H23NO2. The summed E-state index contributed by atoms with van der Waals surface area (Å²) in [4.78, 5) is 14.9. The summed E-state index contributed by atoms with van der Waals surface area (Å²) < 4.78 is 5.70. The van der Waals surface area contributed by atoms with Gasteiger partial charge >= 0.3 is 0 Å². The third-order valence-electron chi connectivity index (χ3n) is 4.19. The molecule has 108 valence electrons. The lowest BCUT2D eigenvalue weighted by atomic mass is 9.70. The topological polar surface area (TPSA) is 38.7 Å². The number of hydrogen-bond acceptors (Lipinski definition) is 3. The first-order valence-electron chi connectivity index (χ1n) is 7.13. The number of aryl methyl sites for hydroxylation is 1. The van der Waals surface area contributed by atoms with Gasteiger partial charge in [-0.2, -0.15) is 4.99 Å². The predicted octanol–water partition coefficient (Wildman–Crippen LogP) is 4.02. The summed E-state index contributed by atoms with van der Waals surface area (Å²) in [6.45, 7) is 8.59. The average Bonchev–Trinajstić information content (AvgIpc) is 2.31. The van der Waals surface area contributed by atoms with Gasteiger partial charge in [-0.25, -0.2) is 4.79 Å². The molecule has 1 aromatic rings. The van der Waals surface area contributed by atoms with Gasteiger partial charge in [-0.15, -0.1) is 0 Å². The smallest absolute Gasteiger partial charge is 0.235 e. The van der Waals surface area contributed by atoms with Crippen molar-refractivity contribution < 1.29 is 9.53 Å². The number of rotatable bonds is 3. The van der Waals surface area contributed by atoms with Crippen LogP contribution in [-0.2, 0) is 15.7 Å². The highest BCUT2D eigenvalue weighted by Gasteiger charge is 2.42. The molecule has 0 radical (unpaired) electrons. The fourth-order valence-corrected chi connectivity index (χ4v) is 2.94. The van der Waals surface area contributed by atoms with Gasteiger partial charge in [-0.3, -0.25) is 0 Å². The third kappa shape index (κ3) is 2.38. The van der Waals surface area contributed by atoms with Crippen LogP contribution in [0, 0.1) is 6.92 Å². The monoisotopic (exact) mass is 273 g/mol. The maximum atomic E-state index is 10.8. The van der Waals surface area contributed by atoms with Gasteiger partial charge in [0, 0.05) is 11.1 Å². The molecule has 0 aromatic heterocycles. The van der Waals surface area contributed by atoms with Gasteiger partial charge in [0.25, 0.3) is 0 Å². The van der Waals surface area contributed by atoms with Gasteiger partial charge in [-0.1, -0.05) is 32.4 Å². The highest BCUT2D eigenvalue weighted by Crippen LogP contribution is 2.50. The van der Waals surface area contributed by atoms with Crippen LogP contribution in [-0.4, -0.2) is 13.2 Å². The first-order valence-corrected chi connectivity index (χ1v) is 7.13. The molecule has 0 unspecified atom stereocenters. The molecule has 2 rings (SSSR count). The lowest BCUT2D eigenvalue weighted by molar-refractivity contribution is 0.244. The molecule has 0 spiro atoms. The van der Waals surface area contributed by atoms with E-state index in [4.69, 9.17) is 4.74 Å². The summed E-state index contributed by atoms with van der Waals surface area (Å²) in [5, 5.41) is 0. The van der Waals surface area contributed by atoms with Crippen LogP contribution in [0.3, 0.4) is 0 Å². The lowest BCUT2D eigenvalue weighted by Crippen LogP contribution is -2.33. The normalized spacial score (nSPS) is 17.1. The summed E-state index contributed by atoms with van der Waals surface area (Å²) in [6.07, 6.45) is 4.64. The van der Waals surface area contributed by atoms with Crippen molar-refractivity contribution in [1.29, 1.82) is 0 Å². The first-order chi connectivity index (χ1) is 9.34. The molecule has 1 aliphatic carbocycles. The number of aliphatic imine (C=N–C) groups is 1. The lowest BCUT2D eigenvalue weighted by Gasteiger charge is -2.39. The Bertz CT molecular complexity index is 559. The number of benzene rings is 1. The fourth-order valence-electron chi connectivity index (χ4n) is 2.94. The van der Waals surface area contributed by atoms with Gasteiger partial charge in [0.2, 0.25) is 6.08 Å². The maximum absolute atomic E-state index is 10.8. The van der Waals surface area contributed by atoms with Crippen molar-refractivity contribution in [2.75, 3.05) is 7.11 Å². The van der Waals surface area contributed by atoms with Crippen molar-refractivity contribution >= 4 is 6.08 Å². The summed E-state index contributed by atoms with van der Waals surface area (Å²) in [7, 11) is 1.69. The van der Waals surface area contributed by atoms with E-state index >= 15 is 0 Å². The van der Waals surface area contributed by atoms with Crippen LogP contribution in [0.5, 0.6) is 5.75 Å². The van der Waals surface area contributed by atoms with Crippen molar-refractivity contribution in [2.24, 2.45) is 4.99 Å². The van der Waals surface area contributed by atoms with E-state index in [1.54, 1.807) is 13.2 Å². The average molecular weight is 273 g/mol. The van der Waals surface area contributed by atoms with E-state index in [1.807, 2.05) is 0 Å². The molecule has 0 saturated heterocycles. The Labute approximate surface area is 121 Å².